The molecule has 12 rings (SSSR count). The molecule has 4 heteroatoms. The molecule has 1 aliphatic carbocycles. The molecule has 0 radical (unpaired) electrons. The quantitative estimate of drug-likeness (QED) is 0.183. The van der Waals surface area contributed by atoms with Gasteiger partial charge in [-0.15, -0.1) is 23.1 Å². The molecule has 3 aromatic heterocycles. The second-order valence-electron chi connectivity index (χ2n) is 13.6. The molecule has 50 heavy (non-hydrogen) atoms. The van der Waals surface area contributed by atoms with Crippen molar-refractivity contribution in [3.05, 3.63) is 151 Å². The second kappa shape index (κ2) is 10.0. The number of thioether (sulfide) groups is 1. The van der Waals surface area contributed by atoms with Crippen LogP contribution in [-0.4, -0.2) is 5.25 Å². The molecule has 0 N–H and O–H groups in total. The van der Waals surface area contributed by atoms with Gasteiger partial charge in [0.05, 0.1) is 0 Å². The number of rotatable bonds is 2. The van der Waals surface area contributed by atoms with E-state index in [1.807, 2.05) is 23.1 Å². The Labute approximate surface area is 294 Å². The van der Waals surface area contributed by atoms with E-state index in [9.17, 15) is 0 Å². The minimum atomic E-state index is 0.448. The van der Waals surface area contributed by atoms with E-state index >= 15 is 0 Å². The van der Waals surface area contributed by atoms with Gasteiger partial charge in [0.15, 0.2) is 0 Å². The van der Waals surface area contributed by atoms with Crippen molar-refractivity contribution in [3.63, 3.8) is 0 Å². The molecular weight excluding hydrogens is 649 g/mol. The molecule has 1 aliphatic heterocycles. The van der Waals surface area contributed by atoms with Crippen molar-refractivity contribution in [2.75, 3.05) is 0 Å². The van der Waals surface area contributed by atoms with Gasteiger partial charge >= 0.3 is 0 Å². The lowest BCUT2D eigenvalue weighted by Crippen LogP contribution is -2.06. The Hall–Kier alpha value is -5.55. The van der Waals surface area contributed by atoms with E-state index in [4.69, 9.17) is 8.83 Å². The highest BCUT2D eigenvalue weighted by molar-refractivity contribution is 8.00. The Morgan fingerprint density at radius 2 is 1.14 bits per heavy atom. The Bertz CT molecular complexity index is 3150. The molecule has 10 aromatic rings. The van der Waals surface area contributed by atoms with Gasteiger partial charge in [0, 0.05) is 57.8 Å². The molecule has 0 amide bonds. The summed E-state index contributed by atoms with van der Waals surface area (Å²) in [4.78, 5) is 1.39. The van der Waals surface area contributed by atoms with Crippen LogP contribution < -0.4 is 0 Å². The molecule has 0 bridgehead atoms. The largest absolute Gasteiger partial charge is 0.456 e. The predicted molar refractivity (Wildman–Crippen MR) is 213 cm³/mol. The van der Waals surface area contributed by atoms with Crippen LogP contribution in [-0.2, 0) is 0 Å². The molecule has 2 unspecified atom stereocenters. The summed E-state index contributed by atoms with van der Waals surface area (Å²) in [7, 11) is 0. The molecule has 0 saturated heterocycles. The zero-order chi connectivity index (χ0) is 32.5. The third-order valence-corrected chi connectivity index (χ3v) is 13.4. The number of fused-ring (bicyclic) bond motifs is 13. The Kier molecular flexibility index (Phi) is 5.46. The summed E-state index contributed by atoms with van der Waals surface area (Å²) in [6.07, 6.45) is 9.01. The van der Waals surface area contributed by atoms with Gasteiger partial charge in [-0.1, -0.05) is 78.9 Å². The number of thiophene rings is 1. The van der Waals surface area contributed by atoms with E-state index in [1.165, 1.54) is 58.3 Å². The number of benzene rings is 7. The van der Waals surface area contributed by atoms with Crippen LogP contribution in [0.5, 0.6) is 0 Å². The number of allylic oxidation sites excluding steroid dienone is 3. The fourth-order valence-electron chi connectivity index (χ4n) is 8.34. The minimum Gasteiger partial charge on any atom is -0.456 e. The van der Waals surface area contributed by atoms with Crippen molar-refractivity contribution in [1.29, 1.82) is 0 Å². The van der Waals surface area contributed by atoms with Gasteiger partial charge in [-0.05, 0) is 105 Å². The molecule has 234 valence electrons. The summed E-state index contributed by atoms with van der Waals surface area (Å²) in [5.74, 6) is 0.448. The number of hydrogen-bond donors (Lipinski definition) is 0. The average Bonchev–Trinajstić information content (AvgIpc) is 3.91. The van der Waals surface area contributed by atoms with E-state index in [0.717, 1.165) is 49.3 Å². The number of hydrogen-bond acceptors (Lipinski definition) is 4. The Balaban J connectivity index is 0.949. The van der Waals surface area contributed by atoms with Crippen LogP contribution in [0.1, 0.15) is 11.5 Å². The lowest BCUT2D eigenvalue weighted by atomic mass is 9.90. The van der Waals surface area contributed by atoms with Gasteiger partial charge in [0.25, 0.3) is 0 Å². The van der Waals surface area contributed by atoms with E-state index in [0.29, 0.717) is 11.2 Å². The first-order chi connectivity index (χ1) is 24.7. The molecule has 0 saturated carbocycles. The molecular formula is C46H26O2S2. The third-order valence-electron chi connectivity index (χ3n) is 10.8. The van der Waals surface area contributed by atoms with Crippen LogP contribution >= 0.6 is 23.1 Å². The summed E-state index contributed by atoms with van der Waals surface area (Å²) < 4.78 is 15.7. The molecule has 7 aromatic carbocycles. The van der Waals surface area contributed by atoms with Gasteiger partial charge in [-0.3, -0.25) is 0 Å². The average molecular weight is 675 g/mol. The molecule has 0 spiro atoms. The van der Waals surface area contributed by atoms with Crippen molar-refractivity contribution < 1.29 is 8.83 Å². The predicted octanol–water partition coefficient (Wildman–Crippen LogP) is 14.0. The summed E-state index contributed by atoms with van der Waals surface area (Å²) in [6, 6.07) is 44.4. The molecule has 2 atom stereocenters. The first-order valence-corrected chi connectivity index (χ1v) is 18.7. The third kappa shape index (κ3) is 3.86. The highest BCUT2D eigenvalue weighted by atomic mass is 32.2. The minimum absolute atomic E-state index is 0.448. The molecule has 2 nitrogen and oxygen atoms in total. The van der Waals surface area contributed by atoms with Gasteiger partial charge in [0.2, 0.25) is 0 Å². The summed E-state index contributed by atoms with van der Waals surface area (Å²) in [6.45, 7) is 0. The molecule has 4 heterocycles. The van der Waals surface area contributed by atoms with Crippen molar-refractivity contribution in [2.45, 2.75) is 16.1 Å². The highest BCUT2D eigenvalue weighted by Gasteiger charge is 2.31. The van der Waals surface area contributed by atoms with Crippen molar-refractivity contribution in [2.24, 2.45) is 0 Å². The zero-order valence-electron chi connectivity index (χ0n) is 26.6. The first kappa shape index (κ1) is 27.3. The van der Waals surface area contributed by atoms with Crippen LogP contribution in [0.15, 0.2) is 159 Å². The summed E-state index contributed by atoms with van der Waals surface area (Å²) >= 11 is 3.83. The van der Waals surface area contributed by atoms with Crippen molar-refractivity contribution in [3.8, 4) is 22.3 Å². The van der Waals surface area contributed by atoms with Gasteiger partial charge in [-0.25, -0.2) is 0 Å². The fourth-order valence-corrected chi connectivity index (χ4v) is 10.9. The topological polar surface area (TPSA) is 26.3 Å². The highest BCUT2D eigenvalue weighted by Crippen LogP contribution is 2.49. The van der Waals surface area contributed by atoms with Gasteiger partial charge < -0.3 is 8.83 Å². The van der Waals surface area contributed by atoms with E-state index in [1.54, 1.807) is 0 Å². The van der Waals surface area contributed by atoms with Crippen LogP contribution in [0.25, 0.3) is 97.1 Å². The second-order valence-corrected chi connectivity index (χ2v) is 15.9. The lowest BCUT2D eigenvalue weighted by Gasteiger charge is -2.15. The number of furan rings is 2. The first-order valence-electron chi connectivity index (χ1n) is 17.0. The maximum atomic E-state index is 6.56. The van der Waals surface area contributed by atoms with Crippen molar-refractivity contribution in [1.82, 2.24) is 0 Å². The smallest absolute Gasteiger partial charge is 0.136 e. The Morgan fingerprint density at radius 3 is 1.98 bits per heavy atom. The lowest BCUT2D eigenvalue weighted by molar-refractivity contribution is 0.669. The van der Waals surface area contributed by atoms with E-state index in [-0.39, 0.29) is 0 Å². The summed E-state index contributed by atoms with van der Waals surface area (Å²) in [5, 5.41) is 9.96. The van der Waals surface area contributed by atoms with Crippen LogP contribution in [0.4, 0.5) is 0 Å². The standard InChI is InChI=1S/C46H26O2S2/c1-4-11-44-33(6-1)35-9-5-8-30(46(35)50-44)27-13-16-32-37-20-28-19-36-31-15-12-26(25-14-17-45-38(18-25)34-7-2-3-10-43(34)49-45)21-39(31)47-41(36)23-29(28)24-42(37)48-40(32)22-27/h1-24,34,43H. The molecule has 0 fully saturated rings. The van der Waals surface area contributed by atoms with Gasteiger partial charge in [0.1, 0.15) is 22.3 Å². The normalized spacial score (nSPS) is 17.0. The zero-order valence-corrected chi connectivity index (χ0v) is 28.3. The monoisotopic (exact) mass is 674 g/mol. The van der Waals surface area contributed by atoms with E-state index in [2.05, 4.69) is 146 Å². The van der Waals surface area contributed by atoms with Crippen LogP contribution in [0.2, 0.25) is 0 Å². The Morgan fingerprint density at radius 1 is 0.480 bits per heavy atom. The molecule has 2 aliphatic rings. The van der Waals surface area contributed by atoms with Gasteiger partial charge in [-0.2, -0.15) is 0 Å². The fraction of sp³-hybridized carbons (Fsp3) is 0.0435. The van der Waals surface area contributed by atoms with Crippen LogP contribution in [0.3, 0.4) is 0 Å². The maximum absolute atomic E-state index is 6.56. The van der Waals surface area contributed by atoms with Crippen molar-refractivity contribution >= 4 is 97.9 Å². The van der Waals surface area contributed by atoms with Crippen LogP contribution in [0, 0.1) is 0 Å². The maximum Gasteiger partial charge on any atom is 0.136 e. The van der Waals surface area contributed by atoms with E-state index < -0.39 is 0 Å². The summed E-state index contributed by atoms with van der Waals surface area (Å²) in [5.41, 5.74) is 9.86. The SMILES string of the molecule is C1=CC2Sc3ccc(-c4ccc5c(c4)oc4cc6cc7oc8cc(-c9cccc%10c9sc9ccccc9%10)ccc8c7cc6cc45)cc3C2C=C1.